The maximum atomic E-state index is 11.7. The van der Waals surface area contributed by atoms with Gasteiger partial charge in [-0.25, -0.2) is 0 Å². The van der Waals surface area contributed by atoms with E-state index in [4.69, 9.17) is 5.26 Å². The van der Waals surface area contributed by atoms with Crippen LogP contribution < -0.4 is 0 Å². The number of carbonyl (C=O) groups is 1. The average Bonchev–Trinajstić information content (AvgIpc) is 2.22. The van der Waals surface area contributed by atoms with Crippen LogP contribution in [0.1, 0.15) is 27.2 Å². The molecule has 0 saturated carbocycles. The highest BCUT2D eigenvalue weighted by Gasteiger charge is 2.15. The lowest BCUT2D eigenvalue weighted by Gasteiger charge is -2.26. The molecule has 0 spiro atoms. The van der Waals surface area contributed by atoms with E-state index in [2.05, 4.69) is 6.07 Å². The molecule has 0 aliphatic carbocycles. The predicted molar refractivity (Wildman–Crippen MR) is 60.3 cm³/mol. The topological polar surface area (TPSA) is 47.3 Å². The Labute approximate surface area is 92.5 Å². The molecule has 0 radical (unpaired) electrons. The van der Waals surface area contributed by atoms with Gasteiger partial charge >= 0.3 is 0 Å². The standard InChI is InChI=1S/C11H21N3O/c1-5-13(4)11(15)9-14(10(2)3)8-6-7-12/h10H,5-6,8-9H2,1-4H3. The van der Waals surface area contributed by atoms with Crippen molar-refractivity contribution in [3.05, 3.63) is 0 Å². The van der Waals surface area contributed by atoms with Gasteiger partial charge in [-0.3, -0.25) is 9.69 Å². The van der Waals surface area contributed by atoms with Crippen LogP contribution in [0.3, 0.4) is 0 Å². The molecule has 0 aromatic carbocycles. The highest BCUT2D eigenvalue weighted by molar-refractivity contribution is 5.77. The lowest BCUT2D eigenvalue weighted by Crippen LogP contribution is -2.41. The normalized spacial score (nSPS) is 10.5. The van der Waals surface area contributed by atoms with E-state index >= 15 is 0 Å². The zero-order valence-corrected chi connectivity index (χ0v) is 10.2. The molecule has 86 valence electrons. The molecule has 0 unspecified atom stereocenters. The van der Waals surface area contributed by atoms with Gasteiger partial charge in [0.05, 0.1) is 12.6 Å². The van der Waals surface area contributed by atoms with Gasteiger partial charge in [-0.1, -0.05) is 0 Å². The van der Waals surface area contributed by atoms with E-state index in [1.165, 1.54) is 0 Å². The van der Waals surface area contributed by atoms with Crippen LogP contribution in [0.5, 0.6) is 0 Å². The first-order valence-electron chi connectivity index (χ1n) is 5.37. The summed E-state index contributed by atoms with van der Waals surface area (Å²) in [4.78, 5) is 15.4. The lowest BCUT2D eigenvalue weighted by atomic mass is 10.3. The average molecular weight is 211 g/mol. The summed E-state index contributed by atoms with van der Waals surface area (Å²) in [5, 5.41) is 8.51. The molecule has 4 heteroatoms. The number of hydrogen-bond acceptors (Lipinski definition) is 3. The van der Waals surface area contributed by atoms with Crippen molar-refractivity contribution in [3.8, 4) is 6.07 Å². The summed E-state index contributed by atoms with van der Waals surface area (Å²) in [5.41, 5.74) is 0. The van der Waals surface area contributed by atoms with E-state index in [9.17, 15) is 4.79 Å². The van der Waals surface area contributed by atoms with Gasteiger partial charge in [-0.05, 0) is 20.8 Å². The molecule has 1 amide bonds. The molecule has 0 aromatic heterocycles. The SMILES string of the molecule is CCN(C)C(=O)CN(CCC#N)C(C)C. The lowest BCUT2D eigenvalue weighted by molar-refractivity contribution is -0.131. The Balaban J connectivity index is 4.17. The third-order valence-electron chi connectivity index (χ3n) is 2.48. The van der Waals surface area contributed by atoms with E-state index in [0.29, 0.717) is 25.6 Å². The van der Waals surface area contributed by atoms with Crippen LogP contribution >= 0.6 is 0 Å². The minimum absolute atomic E-state index is 0.115. The largest absolute Gasteiger partial charge is 0.345 e. The molecule has 4 nitrogen and oxygen atoms in total. The fourth-order valence-corrected chi connectivity index (χ4v) is 1.18. The zero-order chi connectivity index (χ0) is 11.8. The molecule has 0 bridgehead atoms. The fourth-order valence-electron chi connectivity index (χ4n) is 1.18. The van der Waals surface area contributed by atoms with Gasteiger partial charge < -0.3 is 4.90 Å². The summed E-state index contributed by atoms with van der Waals surface area (Å²) in [6, 6.07) is 2.40. The van der Waals surface area contributed by atoms with Crippen molar-refractivity contribution in [2.75, 3.05) is 26.7 Å². The third kappa shape index (κ3) is 5.38. The van der Waals surface area contributed by atoms with Crippen LogP contribution in [0, 0.1) is 11.3 Å². The van der Waals surface area contributed by atoms with Gasteiger partial charge in [-0.2, -0.15) is 5.26 Å². The number of amides is 1. The maximum absolute atomic E-state index is 11.7. The Morgan fingerprint density at radius 1 is 1.47 bits per heavy atom. The number of nitriles is 1. The van der Waals surface area contributed by atoms with Gasteiger partial charge in [0.25, 0.3) is 0 Å². The van der Waals surface area contributed by atoms with E-state index in [1.807, 2.05) is 25.7 Å². The van der Waals surface area contributed by atoms with Crippen molar-refractivity contribution in [2.45, 2.75) is 33.2 Å². The Kier molecular flexibility index (Phi) is 6.72. The number of hydrogen-bond donors (Lipinski definition) is 0. The van der Waals surface area contributed by atoms with Crippen LogP contribution in [0.25, 0.3) is 0 Å². The van der Waals surface area contributed by atoms with Crippen molar-refractivity contribution >= 4 is 5.91 Å². The van der Waals surface area contributed by atoms with E-state index in [0.717, 1.165) is 6.54 Å². The quantitative estimate of drug-likeness (QED) is 0.660. The van der Waals surface area contributed by atoms with Crippen molar-refractivity contribution in [2.24, 2.45) is 0 Å². The van der Waals surface area contributed by atoms with Crippen molar-refractivity contribution in [3.63, 3.8) is 0 Å². The molecule has 0 aliphatic heterocycles. The molecule has 15 heavy (non-hydrogen) atoms. The minimum Gasteiger partial charge on any atom is -0.345 e. The Hall–Kier alpha value is -1.08. The fraction of sp³-hybridized carbons (Fsp3) is 0.818. The van der Waals surface area contributed by atoms with Crippen molar-refractivity contribution in [1.82, 2.24) is 9.80 Å². The second-order valence-corrected chi connectivity index (χ2v) is 3.88. The van der Waals surface area contributed by atoms with Gasteiger partial charge in [0.1, 0.15) is 0 Å². The minimum atomic E-state index is 0.115. The van der Waals surface area contributed by atoms with Gasteiger partial charge in [0, 0.05) is 32.6 Å². The van der Waals surface area contributed by atoms with E-state index < -0.39 is 0 Å². The Morgan fingerprint density at radius 3 is 2.47 bits per heavy atom. The van der Waals surface area contributed by atoms with E-state index in [1.54, 1.807) is 11.9 Å². The second-order valence-electron chi connectivity index (χ2n) is 3.88. The summed E-state index contributed by atoms with van der Waals surface area (Å²) < 4.78 is 0. The summed E-state index contributed by atoms with van der Waals surface area (Å²) >= 11 is 0. The molecular weight excluding hydrogens is 190 g/mol. The van der Waals surface area contributed by atoms with Gasteiger partial charge in [-0.15, -0.1) is 0 Å². The van der Waals surface area contributed by atoms with E-state index in [-0.39, 0.29) is 5.91 Å². The van der Waals surface area contributed by atoms with Crippen LogP contribution in [-0.2, 0) is 4.79 Å². The number of carbonyl (C=O) groups excluding carboxylic acids is 1. The van der Waals surface area contributed by atoms with Crippen LogP contribution in [0.4, 0.5) is 0 Å². The first-order chi connectivity index (χ1) is 7.02. The molecule has 0 atom stereocenters. The summed E-state index contributed by atoms with van der Waals surface area (Å²) in [5.74, 6) is 0.115. The summed E-state index contributed by atoms with van der Waals surface area (Å²) in [6.07, 6.45) is 0.474. The predicted octanol–water partition coefficient (Wildman–Crippen LogP) is 1.09. The number of nitrogens with zero attached hydrogens (tertiary/aromatic N) is 3. The monoisotopic (exact) mass is 211 g/mol. The molecule has 0 aromatic rings. The molecule has 0 N–H and O–H groups in total. The molecule has 0 fully saturated rings. The summed E-state index contributed by atoms with van der Waals surface area (Å²) in [7, 11) is 1.80. The van der Waals surface area contributed by atoms with Crippen LogP contribution in [0.2, 0.25) is 0 Å². The zero-order valence-electron chi connectivity index (χ0n) is 10.2. The number of rotatable bonds is 6. The second kappa shape index (κ2) is 7.24. The smallest absolute Gasteiger partial charge is 0.236 e. The Bertz CT molecular complexity index is 232. The molecular formula is C11H21N3O. The van der Waals surface area contributed by atoms with Gasteiger partial charge in [0.2, 0.25) is 5.91 Å². The van der Waals surface area contributed by atoms with Crippen LogP contribution in [-0.4, -0.2) is 48.4 Å². The molecule has 0 heterocycles. The van der Waals surface area contributed by atoms with Crippen molar-refractivity contribution < 1.29 is 4.79 Å². The van der Waals surface area contributed by atoms with Crippen LogP contribution in [0.15, 0.2) is 0 Å². The molecule has 0 rings (SSSR count). The van der Waals surface area contributed by atoms with Gasteiger partial charge in [0.15, 0.2) is 0 Å². The van der Waals surface area contributed by atoms with Crippen molar-refractivity contribution in [1.29, 1.82) is 5.26 Å². The molecule has 0 aliphatic rings. The Morgan fingerprint density at radius 2 is 2.07 bits per heavy atom. The first-order valence-corrected chi connectivity index (χ1v) is 5.37. The first kappa shape index (κ1) is 13.9. The highest BCUT2D eigenvalue weighted by Crippen LogP contribution is 2.00. The molecule has 0 saturated heterocycles. The highest BCUT2D eigenvalue weighted by atomic mass is 16.2. The summed E-state index contributed by atoms with van der Waals surface area (Å²) in [6.45, 7) is 7.82. The third-order valence-corrected chi connectivity index (χ3v) is 2.48. The number of likely N-dealkylation sites (N-methyl/N-ethyl adjacent to an activating group) is 1. The maximum Gasteiger partial charge on any atom is 0.236 e.